The molecule has 0 bridgehead atoms. The minimum atomic E-state index is 0.211. The van der Waals surface area contributed by atoms with Crippen LogP contribution in [0.5, 0.6) is 0 Å². The van der Waals surface area contributed by atoms with Crippen molar-refractivity contribution in [3.05, 3.63) is 11.7 Å². The fraction of sp³-hybridized carbons (Fsp3) is 0.867. The van der Waals surface area contributed by atoms with Crippen molar-refractivity contribution in [1.82, 2.24) is 15.0 Å². The molecule has 5 heteroatoms. The molecule has 2 heterocycles. The van der Waals surface area contributed by atoms with Gasteiger partial charge in [0.05, 0.1) is 6.04 Å². The SMILES string of the molecule is COCCCCc1noc([C@H](C)N2[C@H](C)CC[C@@H]2C)n1. The van der Waals surface area contributed by atoms with E-state index in [1.54, 1.807) is 7.11 Å². The topological polar surface area (TPSA) is 51.4 Å². The summed E-state index contributed by atoms with van der Waals surface area (Å²) in [5.74, 6) is 1.58. The van der Waals surface area contributed by atoms with Crippen molar-refractivity contribution in [2.75, 3.05) is 13.7 Å². The van der Waals surface area contributed by atoms with Crippen LogP contribution in [0.4, 0.5) is 0 Å². The zero-order valence-electron chi connectivity index (χ0n) is 13.1. The Labute approximate surface area is 121 Å². The van der Waals surface area contributed by atoms with Crippen LogP contribution >= 0.6 is 0 Å². The summed E-state index contributed by atoms with van der Waals surface area (Å²) in [6.07, 6.45) is 5.45. The highest BCUT2D eigenvalue weighted by molar-refractivity contribution is 4.97. The molecule has 0 radical (unpaired) electrons. The third kappa shape index (κ3) is 3.58. The van der Waals surface area contributed by atoms with Gasteiger partial charge in [-0.1, -0.05) is 5.16 Å². The Morgan fingerprint density at radius 1 is 1.30 bits per heavy atom. The first-order valence-electron chi connectivity index (χ1n) is 7.72. The standard InChI is InChI=1S/C15H27N3O2/c1-11-8-9-12(2)18(11)13(3)15-16-14(17-20-15)7-5-6-10-19-4/h11-13H,5-10H2,1-4H3/t11-,12+,13-/m0/s1. The Balaban J connectivity index is 1.90. The summed E-state index contributed by atoms with van der Waals surface area (Å²) >= 11 is 0. The van der Waals surface area contributed by atoms with Gasteiger partial charge in [0.1, 0.15) is 0 Å². The molecule has 0 spiro atoms. The Bertz CT molecular complexity index is 398. The number of methoxy groups -OCH3 is 1. The maximum Gasteiger partial charge on any atom is 0.243 e. The summed E-state index contributed by atoms with van der Waals surface area (Å²) in [5, 5.41) is 4.10. The van der Waals surface area contributed by atoms with Crippen molar-refractivity contribution < 1.29 is 9.26 Å². The molecule has 0 amide bonds. The Hall–Kier alpha value is -0.940. The average molecular weight is 281 g/mol. The largest absolute Gasteiger partial charge is 0.385 e. The number of aryl methyl sites for hydroxylation is 1. The van der Waals surface area contributed by atoms with E-state index >= 15 is 0 Å². The number of likely N-dealkylation sites (tertiary alicyclic amines) is 1. The molecule has 1 aromatic heterocycles. The lowest BCUT2D eigenvalue weighted by atomic mass is 10.2. The van der Waals surface area contributed by atoms with Crippen LogP contribution in [0.3, 0.4) is 0 Å². The van der Waals surface area contributed by atoms with Gasteiger partial charge in [0.15, 0.2) is 5.82 Å². The van der Waals surface area contributed by atoms with E-state index in [1.165, 1.54) is 12.8 Å². The zero-order valence-corrected chi connectivity index (χ0v) is 13.1. The van der Waals surface area contributed by atoms with E-state index < -0.39 is 0 Å². The third-order valence-electron chi connectivity index (χ3n) is 4.31. The second kappa shape index (κ2) is 7.18. The summed E-state index contributed by atoms with van der Waals surface area (Å²) in [5.41, 5.74) is 0. The van der Waals surface area contributed by atoms with Crippen LogP contribution in [0.1, 0.15) is 64.2 Å². The van der Waals surface area contributed by atoms with Gasteiger partial charge in [0, 0.05) is 32.2 Å². The molecule has 1 aliphatic rings. The smallest absolute Gasteiger partial charge is 0.243 e. The maximum atomic E-state index is 5.46. The van der Waals surface area contributed by atoms with Gasteiger partial charge in [-0.25, -0.2) is 0 Å². The molecule has 114 valence electrons. The lowest BCUT2D eigenvalue weighted by molar-refractivity contribution is 0.128. The molecule has 0 aromatic carbocycles. The Morgan fingerprint density at radius 3 is 2.65 bits per heavy atom. The number of hydrogen-bond donors (Lipinski definition) is 0. The van der Waals surface area contributed by atoms with Crippen LogP contribution in [0.2, 0.25) is 0 Å². The number of unbranched alkanes of at least 4 members (excludes halogenated alkanes) is 1. The first-order valence-corrected chi connectivity index (χ1v) is 7.72. The highest BCUT2D eigenvalue weighted by Gasteiger charge is 2.34. The predicted molar refractivity (Wildman–Crippen MR) is 77.5 cm³/mol. The highest BCUT2D eigenvalue weighted by atomic mass is 16.5. The summed E-state index contributed by atoms with van der Waals surface area (Å²) in [4.78, 5) is 7.05. The molecule has 1 aliphatic heterocycles. The first-order chi connectivity index (χ1) is 9.63. The van der Waals surface area contributed by atoms with Gasteiger partial charge in [-0.15, -0.1) is 0 Å². The van der Waals surface area contributed by atoms with Crippen LogP contribution < -0.4 is 0 Å². The van der Waals surface area contributed by atoms with Crippen LogP contribution in [0, 0.1) is 0 Å². The molecule has 0 N–H and O–H groups in total. The van der Waals surface area contributed by atoms with Gasteiger partial charge in [-0.3, -0.25) is 4.90 Å². The zero-order chi connectivity index (χ0) is 14.5. The first kappa shape index (κ1) is 15.4. The second-order valence-electron chi connectivity index (χ2n) is 5.90. The lowest BCUT2D eigenvalue weighted by Crippen LogP contribution is -2.35. The Kier molecular flexibility index (Phi) is 5.54. The van der Waals surface area contributed by atoms with E-state index in [0.29, 0.717) is 12.1 Å². The van der Waals surface area contributed by atoms with Gasteiger partial charge in [0.25, 0.3) is 0 Å². The Morgan fingerprint density at radius 2 is 2.00 bits per heavy atom. The van der Waals surface area contributed by atoms with E-state index in [1.807, 2.05) is 0 Å². The molecule has 1 aromatic rings. The van der Waals surface area contributed by atoms with Crippen molar-refractivity contribution >= 4 is 0 Å². The average Bonchev–Trinajstić information content (AvgIpc) is 3.02. The molecule has 2 rings (SSSR count). The van der Waals surface area contributed by atoms with Crippen molar-refractivity contribution in [3.8, 4) is 0 Å². The van der Waals surface area contributed by atoms with Gasteiger partial charge in [-0.2, -0.15) is 4.98 Å². The highest BCUT2D eigenvalue weighted by Crippen LogP contribution is 2.32. The minimum absolute atomic E-state index is 0.211. The van der Waals surface area contributed by atoms with Crippen molar-refractivity contribution in [3.63, 3.8) is 0 Å². The summed E-state index contributed by atoms with van der Waals surface area (Å²) in [6, 6.07) is 1.40. The van der Waals surface area contributed by atoms with Gasteiger partial charge < -0.3 is 9.26 Å². The molecule has 5 nitrogen and oxygen atoms in total. The summed E-state index contributed by atoms with van der Waals surface area (Å²) in [6.45, 7) is 7.52. The van der Waals surface area contributed by atoms with Crippen molar-refractivity contribution in [2.45, 2.75) is 71.0 Å². The minimum Gasteiger partial charge on any atom is -0.385 e. The molecular formula is C15H27N3O2. The van der Waals surface area contributed by atoms with Gasteiger partial charge in [0.2, 0.25) is 5.89 Å². The molecule has 0 unspecified atom stereocenters. The van der Waals surface area contributed by atoms with Gasteiger partial charge >= 0.3 is 0 Å². The molecule has 1 saturated heterocycles. The van der Waals surface area contributed by atoms with E-state index in [2.05, 4.69) is 35.8 Å². The second-order valence-corrected chi connectivity index (χ2v) is 5.90. The van der Waals surface area contributed by atoms with Crippen LogP contribution in [0.25, 0.3) is 0 Å². The number of aromatic nitrogens is 2. The maximum absolute atomic E-state index is 5.46. The molecule has 3 atom stereocenters. The van der Waals surface area contributed by atoms with Crippen molar-refractivity contribution in [2.24, 2.45) is 0 Å². The lowest BCUT2D eigenvalue weighted by Gasteiger charge is -2.30. The third-order valence-corrected chi connectivity index (χ3v) is 4.31. The van der Waals surface area contributed by atoms with E-state index in [4.69, 9.17) is 9.26 Å². The van der Waals surface area contributed by atoms with Crippen LogP contribution in [-0.2, 0) is 11.2 Å². The fourth-order valence-electron chi connectivity index (χ4n) is 3.17. The number of hydrogen-bond acceptors (Lipinski definition) is 5. The fourth-order valence-corrected chi connectivity index (χ4v) is 3.17. The molecule has 1 fully saturated rings. The molecule has 20 heavy (non-hydrogen) atoms. The van der Waals surface area contributed by atoms with E-state index in [9.17, 15) is 0 Å². The van der Waals surface area contributed by atoms with E-state index in [-0.39, 0.29) is 6.04 Å². The van der Waals surface area contributed by atoms with Crippen molar-refractivity contribution in [1.29, 1.82) is 0 Å². The molecule has 0 aliphatic carbocycles. The van der Waals surface area contributed by atoms with E-state index in [0.717, 1.165) is 37.6 Å². The summed E-state index contributed by atoms with van der Waals surface area (Å²) < 4.78 is 10.5. The van der Waals surface area contributed by atoms with Gasteiger partial charge in [-0.05, 0) is 46.5 Å². The normalized spacial score (nSPS) is 25.2. The predicted octanol–water partition coefficient (Wildman–Crippen LogP) is 2.97. The van der Waals surface area contributed by atoms with Crippen LogP contribution in [-0.4, -0.2) is 40.8 Å². The summed E-state index contributed by atoms with van der Waals surface area (Å²) in [7, 11) is 1.73. The van der Waals surface area contributed by atoms with Crippen LogP contribution in [0.15, 0.2) is 4.52 Å². The quantitative estimate of drug-likeness (QED) is 0.719. The monoisotopic (exact) mass is 281 g/mol. The number of rotatable bonds is 7. The number of ether oxygens (including phenoxy) is 1. The molecular weight excluding hydrogens is 254 g/mol. The number of nitrogens with zero attached hydrogens (tertiary/aromatic N) is 3. The molecule has 0 saturated carbocycles.